The van der Waals surface area contributed by atoms with E-state index in [0.29, 0.717) is 37.7 Å². The van der Waals surface area contributed by atoms with Crippen LogP contribution in [0.5, 0.6) is 11.5 Å². The number of thiophene rings is 1. The van der Waals surface area contributed by atoms with Crippen molar-refractivity contribution >= 4 is 17.2 Å². The van der Waals surface area contributed by atoms with Crippen LogP contribution in [-0.2, 0) is 11.2 Å². The number of hydrogen-bond donors (Lipinski definition) is 0. The Morgan fingerprint density at radius 2 is 2.00 bits per heavy atom. The first-order chi connectivity index (χ1) is 13.2. The predicted molar refractivity (Wildman–Crippen MR) is 102 cm³/mol. The molecule has 0 atom stereocenters. The molecule has 142 valence electrons. The number of nitrogens with zero attached hydrogens (tertiary/aromatic N) is 3. The molecule has 2 aromatic heterocycles. The summed E-state index contributed by atoms with van der Waals surface area (Å²) in [7, 11) is 3.37. The minimum atomic E-state index is 0.00389. The van der Waals surface area contributed by atoms with Crippen LogP contribution in [0.25, 0.3) is 10.7 Å². The molecule has 8 heteroatoms. The Balaban J connectivity index is 1.39. The Labute approximate surface area is 161 Å². The molecule has 0 unspecified atom stereocenters. The van der Waals surface area contributed by atoms with Gasteiger partial charge in [-0.15, -0.1) is 11.3 Å². The maximum Gasteiger partial charge on any atom is 0.227 e. The number of amides is 1. The van der Waals surface area contributed by atoms with Crippen LogP contribution in [0.4, 0.5) is 0 Å². The molecule has 3 aromatic rings. The summed E-state index contributed by atoms with van der Waals surface area (Å²) in [5, 5.41) is 5.90. The molecular formula is C19H21N3O4S. The molecule has 0 aliphatic heterocycles. The van der Waals surface area contributed by atoms with Crippen LogP contribution in [0.1, 0.15) is 12.3 Å². The van der Waals surface area contributed by atoms with Gasteiger partial charge in [-0.2, -0.15) is 4.98 Å². The van der Waals surface area contributed by atoms with E-state index in [9.17, 15) is 4.79 Å². The second kappa shape index (κ2) is 9.18. The standard InChI is InChI=1S/C19H21N3O4S/c1-22(11-12-25-15-7-5-14(24-2)6-8-15)18(23)10-9-17-20-19(21-26-17)16-4-3-13-27-16/h3-8,13H,9-12H2,1-2H3. The Bertz CT molecular complexity index is 846. The lowest BCUT2D eigenvalue weighted by atomic mass is 10.3. The quantitative estimate of drug-likeness (QED) is 0.561. The maximum absolute atomic E-state index is 12.2. The van der Waals surface area contributed by atoms with E-state index in [1.807, 2.05) is 41.8 Å². The van der Waals surface area contributed by atoms with Crippen LogP contribution in [0, 0.1) is 0 Å². The lowest BCUT2D eigenvalue weighted by Crippen LogP contribution is -2.31. The van der Waals surface area contributed by atoms with Gasteiger partial charge in [-0.1, -0.05) is 11.2 Å². The van der Waals surface area contributed by atoms with Crippen LogP contribution >= 0.6 is 11.3 Å². The van der Waals surface area contributed by atoms with Gasteiger partial charge in [0, 0.05) is 19.9 Å². The molecular weight excluding hydrogens is 366 g/mol. The molecule has 2 heterocycles. The fourth-order valence-electron chi connectivity index (χ4n) is 2.36. The molecule has 3 rings (SSSR count). The van der Waals surface area contributed by atoms with E-state index in [1.165, 1.54) is 0 Å². The van der Waals surface area contributed by atoms with Gasteiger partial charge in [0.15, 0.2) is 0 Å². The highest BCUT2D eigenvalue weighted by atomic mass is 32.1. The van der Waals surface area contributed by atoms with Crippen molar-refractivity contribution in [3.05, 3.63) is 47.7 Å². The van der Waals surface area contributed by atoms with E-state index in [-0.39, 0.29) is 5.91 Å². The SMILES string of the molecule is COc1ccc(OCCN(C)C(=O)CCc2nc(-c3cccs3)no2)cc1. The summed E-state index contributed by atoms with van der Waals surface area (Å²) >= 11 is 1.55. The van der Waals surface area contributed by atoms with Crippen LogP contribution in [-0.4, -0.2) is 48.3 Å². The molecule has 0 spiro atoms. The average molecular weight is 387 g/mol. The van der Waals surface area contributed by atoms with E-state index < -0.39 is 0 Å². The third kappa shape index (κ3) is 5.30. The molecule has 0 saturated carbocycles. The molecule has 0 bridgehead atoms. The second-order valence-corrected chi connectivity index (χ2v) is 6.78. The zero-order valence-electron chi connectivity index (χ0n) is 15.3. The van der Waals surface area contributed by atoms with Crippen LogP contribution in [0.2, 0.25) is 0 Å². The zero-order valence-corrected chi connectivity index (χ0v) is 16.1. The van der Waals surface area contributed by atoms with Crippen molar-refractivity contribution in [3.63, 3.8) is 0 Å². The fraction of sp³-hybridized carbons (Fsp3) is 0.316. The molecule has 0 aliphatic rings. The van der Waals surface area contributed by atoms with Gasteiger partial charge in [-0.05, 0) is 35.7 Å². The summed E-state index contributed by atoms with van der Waals surface area (Å²) in [6, 6.07) is 11.2. The lowest BCUT2D eigenvalue weighted by molar-refractivity contribution is -0.130. The largest absolute Gasteiger partial charge is 0.497 e. The Morgan fingerprint density at radius 1 is 1.22 bits per heavy atom. The highest BCUT2D eigenvalue weighted by Gasteiger charge is 2.13. The number of aryl methyl sites for hydroxylation is 1. The molecule has 27 heavy (non-hydrogen) atoms. The summed E-state index contributed by atoms with van der Waals surface area (Å²) in [6.07, 6.45) is 0.728. The van der Waals surface area contributed by atoms with Crippen molar-refractivity contribution in [1.29, 1.82) is 0 Å². The van der Waals surface area contributed by atoms with Crippen molar-refractivity contribution in [2.24, 2.45) is 0 Å². The van der Waals surface area contributed by atoms with Gasteiger partial charge in [0.05, 0.1) is 18.5 Å². The van der Waals surface area contributed by atoms with Gasteiger partial charge in [0.25, 0.3) is 0 Å². The molecule has 0 fully saturated rings. The average Bonchev–Trinajstić information content (AvgIpc) is 3.38. The number of aromatic nitrogens is 2. The normalized spacial score (nSPS) is 10.6. The topological polar surface area (TPSA) is 77.7 Å². The van der Waals surface area contributed by atoms with Crippen LogP contribution in [0.3, 0.4) is 0 Å². The van der Waals surface area contributed by atoms with Crippen molar-refractivity contribution < 1.29 is 18.8 Å². The Morgan fingerprint density at radius 3 is 2.70 bits per heavy atom. The summed E-state index contributed by atoms with van der Waals surface area (Å²) in [4.78, 5) is 19.2. The third-order valence-corrected chi connectivity index (χ3v) is 4.81. The van der Waals surface area contributed by atoms with Gasteiger partial charge >= 0.3 is 0 Å². The van der Waals surface area contributed by atoms with Gasteiger partial charge in [0.2, 0.25) is 17.6 Å². The number of likely N-dealkylation sites (N-methyl/N-ethyl adjacent to an activating group) is 1. The monoisotopic (exact) mass is 387 g/mol. The predicted octanol–water partition coefficient (Wildman–Crippen LogP) is 3.28. The first kappa shape index (κ1) is 18.9. The van der Waals surface area contributed by atoms with Gasteiger partial charge < -0.3 is 18.9 Å². The molecule has 0 aliphatic carbocycles. The van der Waals surface area contributed by atoms with Crippen molar-refractivity contribution in [1.82, 2.24) is 15.0 Å². The minimum absolute atomic E-state index is 0.00389. The number of ether oxygens (including phenoxy) is 2. The Hall–Kier alpha value is -2.87. The first-order valence-corrected chi connectivity index (χ1v) is 9.41. The van der Waals surface area contributed by atoms with Crippen molar-refractivity contribution in [3.8, 4) is 22.2 Å². The van der Waals surface area contributed by atoms with E-state index in [0.717, 1.165) is 16.4 Å². The molecule has 7 nitrogen and oxygen atoms in total. The number of methoxy groups -OCH3 is 1. The highest BCUT2D eigenvalue weighted by molar-refractivity contribution is 7.13. The minimum Gasteiger partial charge on any atom is -0.497 e. The van der Waals surface area contributed by atoms with E-state index in [2.05, 4.69) is 10.1 Å². The number of hydrogen-bond acceptors (Lipinski definition) is 7. The second-order valence-electron chi connectivity index (χ2n) is 5.83. The van der Waals surface area contributed by atoms with E-state index in [4.69, 9.17) is 14.0 Å². The number of rotatable bonds is 9. The number of carbonyl (C=O) groups excluding carboxylic acids is 1. The fourth-order valence-corrected chi connectivity index (χ4v) is 3.01. The summed E-state index contributed by atoms with van der Waals surface area (Å²) in [5.41, 5.74) is 0. The van der Waals surface area contributed by atoms with Gasteiger partial charge in [-0.3, -0.25) is 4.79 Å². The van der Waals surface area contributed by atoms with Crippen LogP contribution < -0.4 is 9.47 Å². The summed E-state index contributed by atoms with van der Waals surface area (Å²) in [5.74, 6) is 2.55. The van der Waals surface area contributed by atoms with Gasteiger partial charge in [0.1, 0.15) is 18.1 Å². The first-order valence-electron chi connectivity index (χ1n) is 8.53. The van der Waals surface area contributed by atoms with E-state index >= 15 is 0 Å². The molecule has 0 radical (unpaired) electrons. The summed E-state index contributed by atoms with van der Waals surface area (Å²) < 4.78 is 16.0. The summed E-state index contributed by atoms with van der Waals surface area (Å²) in [6.45, 7) is 0.910. The zero-order chi connectivity index (χ0) is 19.1. The molecule has 1 amide bonds. The third-order valence-electron chi connectivity index (χ3n) is 3.94. The molecule has 1 aromatic carbocycles. The Kier molecular flexibility index (Phi) is 6.43. The highest BCUT2D eigenvalue weighted by Crippen LogP contribution is 2.21. The molecule has 0 N–H and O–H groups in total. The number of carbonyl (C=O) groups is 1. The smallest absolute Gasteiger partial charge is 0.227 e. The number of benzene rings is 1. The van der Waals surface area contributed by atoms with Crippen molar-refractivity contribution in [2.45, 2.75) is 12.8 Å². The van der Waals surface area contributed by atoms with Crippen molar-refractivity contribution in [2.75, 3.05) is 27.3 Å². The van der Waals surface area contributed by atoms with Crippen LogP contribution in [0.15, 0.2) is 46.3 Å². The van der Waals surface area contributed by atoms with Gasteiger partial charge in [-0.25, -0.2) is 0 Å². The lowest BCUT2D eigenvalue weighted by Gasteiger charge is -2.17. The van der Waals surface area contributed by atoms with E-state index in [1.54, 1.807) is 30.4 Å². The molecule has 0 saturated heterocycles. The maximum atomic E-state index is 12.2.